The van der Waals surface area contributed by atoms with E-state index in [4.69, 9.17) is 22.1 Å². The number of pyridine rings is 1. The van der Waals surface area contributed by atoms with Crippen molar-refractivity contribution in [2.45, 2.75) is 38.8 Å². The summed E-state index contributed by atoms with van der Waals surface area (Å²) in [5.41, 5.74) is 4.89. The third-order valence-electron chi connectivity index (χ3n) is 4.20. The van der Waals surface area contributed by atoms with Gasteiger partial charge < -0.3 is 15.8 Å². The molecule has 1 heterocycles. The molecule has 20 heavy (non-hydrogen) atoms. The van der Waals surface area contributed by atoms with Crippen LogP contribution in [0.5, 0.6) is 0 Å². The summed E-state index contributed by atoms with van der Waals surface area (Å²) in [6.45, 7) is 6.44. The standard InChI is InChI=1S/C14H20ClN3O2/c1-4-20-10-8-14(16,13(10,2)3)12(19)18-11-7-9(15)5-6-17-11/h5-7,10H,4,8,16H2,1-3H3,(H,17,18,19). The number of amides is 1. The lowest BCUT2D eigenvalue weighted by Crippen LogP contribution is -2.74. The van der Waals surface area contributed by atoms with E-state index in [9.17, 15) is 4.79 Å². The number of carbonyl (C=O) groups is 1. The van der Waals surface area contributed by atoms with Crippen LogP contribution >= 0.6 is 11.6 Å². The first kappa shape index (κ1) is 15.2. The number of rotatable bonds is 4. The molecular weight excluding hydrogens is 278 g/mol. The summed E-state index contributed by atoms with van der Waals surface area (Å²) in [6, 6.07) is 3.24. The van der Waals surface area contributed by atoms with Crippen molar-refractivity contribution in [3.05, 3.63) is 23.4 Å². The quantitative estimate of drug-likeness (QED) is 0.893. The summed E-state index contributed by atoms with van der Waals surface area (Å²) in [5.74, 6) is 0.149. The molecule has 1 saturated carbocycles. The first-order chi connectivity index (χ1) is 9.31. The van der Waals surface area contributed by atoms with E-state index in [0.29, 0.717) is 23.9 Å². The van der Waals surface area contributed by atoms with E-state index in [-0.39, 0.29) is 12.0 Å². The molecule has 0 saturated heterocycles. The lowest BCUT2D eigenvalue weighted by Gasteiger charge is -2.57. The van der Waals surface area contributed by atoms with Gasteiger partial charge in [0.05, 0.1) is 6.10 Å². The molecule has 1 amide bonds. The number of aromatic nitrogens is 1. The Kier molecular flexibility index (Phi) is 4.04. The summed E-state index contributed by atoms with van der Waals surface area (Å²) < 4.78 is 5.61. The number of nitrogens with one attached hydrogen (secondary N) is 1. The molecule has 6 heteroatoms. The van der Waals surface area contributed by atoms with Gasteiger partial charge >= 0.3 is 0 Å². The number of nitrogens with two attached hydrogens (primary N) is 1. The molecule has 1 aliphatic carbocycles. The van der Waals surface area contributed by atoms with Crippen LogP contribution in [0, 0.1) is 5.41 Å². The van der Waals surface area contributed by atoms with Crippen LogP contribution < -0.4 is 11.1 Å². The molecule has 0 aliphatic heterocycles. The predicted octanol–water partition coefficient (Wildman–Crippen LogP) is 2.21. The first-order valence-electron chi connectivity index (χ1n) is 6.64. The van der Waals surface area contributed by atoms with Crippen molar-refractivity contribution in [2.24, 2.45) is 11.1 Å². The number of nitrogens with zero attached hydrogens (tertiary/aromatic N) is 1. The molecule has 5 nitrogen and oxygen atoms in total. The molecule has 1 fully saturated rings. The third kappa shape index (κ3) is 2.41. The van der Waals surface area contributed by atoms with Crippen molar-refractivity contribution in [1.29, 1.82) is 0 Å². The summed E-state index contributed by atoms with van der Waals surface area (Å²) in [7, 11) is 0. The monoisotopic (exact) mass is 297 g/mol. The highest BCUT2D eigenvalue weighted by molar-refractivity contribution is 6.30. The molecule has 1 aromatic heterocycles. The molecule has 3 N–H and O–H groups in total. The Bertz CT molecular complexity index is 521. The second kappa shape index (κ2) is 5.31. The van der Waals surface area contributed by atoms with Crippen molar-refractivity contribution < 1.29 is 9.53 Å². The molecule has 110 valence electrons. The van der Waals surface area contributed by atoms with Gasteiger partial charge in [-0.05, 0) is 19.1 Å². The molecular formula is C14H20ClN3O2. The molecule has 2 atom stereocenters. The van der Waals surface area contributed by atoms with Gasteiger partial charge in [-0.2, -0.15) is 0 Å². The molecule has 1 aromatic rings. The number of hydrogen-bond donors (Lipinski definition) is 2. The van der Waals surface area contributed by atoms with Gasteiger partial charge in [0.1, 0.15) is 11.4 Å². The van der Waals surface area contributed by atoms with Crippen LogP contribution in [0.25, 0.3) is 0 Å². The Labute approximate surface area is 123 Å². The predicted molar refractivity (Wildman–Crippen MR) is 78.6 cm³/mol. The van der Waals surface area contributed by atoms with E-state index in [0.717, 1.165) is 0 Å². The first-order valence-corrected chi connectivity index (χ1v) is 7.02. The molecule has 0 aromatic carbocycles. The normalized spacial score (nSPS) is 27.8. The molecule has 0 bridgehead atoms. The third-order valence-corrected chi connectivity index (χ3v) is 4.43. The summed E-state index contributed by atoms with van der Waals surface area (Å²) in [5, 5.41) is 3.24. The van der Waals surface area contributed by atoms with E-state index >= 15 is 0 Å². The fraction of sp³-hybridized carbons (Fsp3) is 0.571. The van der Waals surface area contributed by atoms with Crippen LogP contribution in [-0.4, -0.2) is 29.1 Å². The van der Waals surface area contributed by atoms with Gasteiger partial charge in [-0.15, -0.1) is 0 Å². The van der Waals surface area contributed by atoms with E-state index < -0.39 is 11.0 Å². The van der Waals surface area contributed by atoms with E-state index in [1.807, 2.05) is 20.8 Å². The SMILES string of the molecule is CCOC1CC(N)(C(=O)Nc2cc(Cl)ccn2)C1(C)C. The fourth-order valence-electron chi connectivity index (χ4n) is 2.52. The van der Waals surface area contributed by atoms with Gasteiger partial charge in [0.25, 0.3) is 0 Å². The fourth-order valence-corrected chi connectivity index (χ4v) is 2.68. The van der Waals surface area contributed by atoms with Crippen LogP contribution in [0.1, 0.15) is 27.2 Å². The minimum absolute atomic E-state index is 0.00410. The Hall–Kier alpha value is -1.17. The van der Waals surface area contributed by atoms with Crippen LogP contribution in [0.15, 0.2) is 18.3 Å². The smallest absolute Gasteiger partial charge is 0.246 e. The minimum atomic E-state index is -0.961. The maximum atomic E-state index is 12.4. The highest BCUT2D eigenvalue weighted by atomic mass is 35.5. The van der Waals surface area contributed by atoms with Gasteiger partial charge in [-0.1, -0.05) is 25.4 Å². The Morgan fingerprint density at radius 2 is 2.35 bits per heavy atom. The lowest BCUT2D eigenvalue weighted by molar-refractivity contribution is -0.166. The van der Waals surface area contributed by atoms with Crippen LogP contribution in [0.2, 0.25) is 5.02 Å². The van der Waals surface area contributed by atoms with Crippen LogP contribution in [0.3, 0.4) is 0 Å². The van der Waals surface area contributed by atoms with E-state index in [2.05, 4.69) is 10.3 Å². The van der Waals surface area contributed by atoms with Crippen LogP contribution in [-0.2, 0) is 9.53 Å². The summed E-state index contributed by atoms with van der Waals surface area (Å²) in [6.07, 6.45) is 2.03. The average molecular weight is 298 g/mol. The number of ether oxygens (including phenoxy) is 1. The second-order valence-electron chi connectivity index (χ2n) is 5.65. The van der Waals surface area contributed by atoms with Gasteiger partial charge in [-0.3, -0.25) is 4.79 Å². The minimum Gasteiger partial charge on any atom is -0.378 e. The van der Waals surface area contributed by atoms with E-state index in [1.165, 1.54) is 6.20 Å². The summed E-state index contributed by atoms with van der Waals surface area (Å²) >= 11 is 5.87. The van der Waals surface area contributed by atoms with Gasteiger partial charge in [-0.25, -0.2) is 4.98 Å². The zero-order valence-corrected chi connectivity index (χ0v) is 12.7. The number of halogens is 1. The second-order valence-corrected chi connectivity index (χ2v) is 6.09. The van der Waals surface area contributed by atoms with Crippen molar-refractivity contribution in [3.8, 4) is 0 Å². The number of hydrogen-bond acceptors (Lipinski definition) is 4. The number of carbonyl (C=O) groups excluding carboxylic acids is 1. The topological polar surface area (TPSA) is 77.2 Å². The van der Waals surface area contributed by atoms with Crippen molar-refractivity contribution in [2.75, 3.05) is 11.9 Å². The van der Waals surface area contributed by atoms with Crippen molar-refractivity contribution in [1.82, 2.24) is 4.98 Å². The maximum absolute atomic E-state index is 12.4. The van der Waals surface area contributed by atoms with Gasteiger partial charge in [0.15, 0.2) is 0 Å². The Balaban J connectivity index is 2.10. The zero-order valence-electron chi connectivity index (χ0n) is 11.9. The maximum Gasteiger partial charge on any atom is 0.246 e. The lowest BCUT2D eigenvalue weighted by atomic mass is 9.54. The molecule has 2 unspecified atom stereocenters. The highest BCUT2D eigenvalue weighted by Gasteiger charge is 2.62. The number of anilines is 1. The van der Waals surface area contributed by atoms with Crippen LogP contribution in [0.4, 0.5) is 5.82 Å². The van der Waals surface area contributed by atoms with Gasteiger partial charge in [0.2, 0.25) is 5.91 Å². The van der Waals surface area contributed by atoms with Crippen molar-refractivity contribution in [3.63, 3.8) is 0 Å². The molecule has 0 radical (unpaired) electrons. The largest absolute Gasteiger partial charge is 0.378 e. The molecule has 0 spiro atoms. The molecule has 1 aliphatic rings. The van der Waals surface area contributed by atoms with E-state index in [1.54, 1.807) is 12.1 Å². The Morgan fingerprint density at radius 3 is 2.90 bits per heavy atom. The average Bonchev–Trinajstić information content (AvgIpc) is 2.38. The Morgan fingerprint density at radius 1 is 1.65 bits per heavy atom. The molecule has 2 rings (SSSR count). The highest BCUT2D eigenvalue weighted by Crippen LogP contribution is 2.50. The van der Waals surface area contributed by atoms with Crippen molar-refractivity contribution >= 4 is 23.3 Å². The zero-order chi connectivity index (χ0) is 15.0. The van der Waals surface area contributed by atoms with Gasteiger partial charge in [0, 0.05) is 29.7 Å². The summed E-state index contributed by atoms with van der Waals surface area (Å²) in [4.78, 5) is 16.5.